The first-order valence-electron chi connectivity index (χ1n) is 7.04. The largest absolute Gasteiger partial charge is 0.492 e. The van der Waals surface area contributed by atoms with E-state index in [2.05, 4.69) is 5.32 Å². The molecule has 118 valence electrons. The molecule has 0 saturated carbocycles. The van der Waals surface area contributed by atoms with Crippen LogP contribution in [0, 0.1) is 0 Å². The fourth-order valence-electron chi connectivity index (χ4n) is 1.98. The maximum Gasteiger partial charge on any atom is 0.249 e. The Labute approximate surface area is 133 Å². The van der Waals surface area contributed by atoms with Crippen LogP contribution in [0.5, 0.6) is 5.75 Å². The van der Waals surface area contributed by atoms with E-state index in [4.69, 9.17) is 10.5 Å². The molecular weight excluding hydrogens is 300 g/mol. The smallest absolute Gasteiger partial charge is 0.249 e. The average molecular weight is 320 g/mol. The summed E-state index contributed by atoms with van der Waals surface area (Å²) >= 11 is 1.41. The van der Waals surface area contributed by atoms with Gasteiger partial charge in [-0.15, -0.1) is 11.3 Å². The number of aliphatic hydroxyl groups excluding tert-OH is 1. The highest BCUT2D eigenvalue weighted by atomic mass is 32.1. The molecule has 0 saturated heterocycles. The van der Waals surface area contributed by atoms with Crippen LogP contribution in [0.15, 0.2) is 41.8 Å². The standard InChI is InChI=1S/C16H20N2O3S/c1-11(9-21-13-5-3-2-4-6-13)18-15(19)8-14-7-12(10-22-14)16(17)20/h2-7,10-11,15,18-19H,8-9H2,1H3,(H2,17,20). The van der Waals surface area contributed by atoms with Gasteiger partial charge in [0.2, 0.25) is 5.91 Å². The molecule has 5 nitrogen and oxygen atoms in total. The Morgan fingerprint density at radius 2 is 2.14 bits per heavy atom. The number of nitrogens with one attached hydrogen (secondary N) is 1. The number of hydrogen-bond donors (Lipinski definition) is 3. The highest BCUT2D eigenvalue weighted by Crippen LogP contribution is 2.16. The van der Waals surface area contributed by atoms with Gasteiger partial charge in [-0.3, -0.25) is 10.1 Å². The summed E-state index contributed by atoms with van der Waals surface area (Å²) in [5.41, 5.74) is 5.69. The first-order valence-corrected chi connectivity index (χ1v) is 7.91. The maximum absolute atomic E-state index is 11.0. The Balaban J connectivity index is 1.75. The number of aliphatic hydroxyl groups is 1. The Morgan fingerprint density at radius 1 is 1.41 bits per heavy atom. The number of rotatable bonds is 8. The molecule has 2 aromatic rings. The van der Waals surface area contributed by atoms with Crippen molar-refractivity contribution in [2.24, 2.45) is 5.73 Å². The molecule has 2 rings (SSSR count). The molecule has 4 N–H and O–H groups in total. The Kier molecular flexibility index (Phi) is 5.94. The van der Waals surface area contributed by atoms with E-state index < -0.39 is 12.1 Å². The molecule has 0 fully saturated rings. The zero-order chi connectivity index (χ0) is 15.9. The molecule has 1 amide bonds. The number of carbonyl (C=O) groups excluding carboxylic acids is 1. The van der Waals surface area contributed by atoms with Gasteiger partial charge in [-0.25, -0.2) is 0 Å². The van der Waals surface area contributed by atoms with Gasteiger partial charge in [-0.1, -0.05) is 18.2 Å². The van der Waals surface area contributed by atoms with Gasteiger partial charge in [0.25, 0.3) is 0 Å². The van der Waals surface area contributed by atoms with Gasteiger partial charge in [0.15, 0.2) is 0 Å². The molecule has 1 aromatic heterocycles. The van der Waals surface area contributed by atoms with Gasteiger partial charge < -0.3 is 15.6 Å². The third kappa shape index (κ3) is 5.14. The van der Waals surface area contributed by atoms with Crippen molar-refractivity contribution in [1.82, 2.24) is 5.32 Å². The predicted octanol–water partition coefficient (Wildman–Crippen LogP) is 1.76. The minimum Gasteiger partial charge on any atom is -0.492 e. The van der Waals surface area contributed by atoms with E-state index in [-0.39, 0.29) is 6.04 Å². The monoisotopic (exact) mass is 320 g/mol. The number of nitrogens with two attached hydrogens (primary N) is 1. The molecule has 0 radical (unpaired) electrons. The zero-order valence-electron chi connectivity index (χ0n) is 12.4. The zero-order valence-corrected chi connectivity index (χ0v) is 13.2. The van der Waals surface area contributed by atoms with E-state index in [1.807, 2.05) is 37.3 Å². The molecule has 6 heteroatoms. The summed E-state index contributed by atoms with van der Waals surface area (Å²) in [4.78, 5) is 11.9. The van der Waals surface area contributed by atoms with Crippen LogP contribution in [0.2, 0.25) is 0 Å². The normalized spacial score (nSPS) is 13.5. The van der Waals surface area contributed by atoms with E-state index in [0.29, 0.717) is 18.6 Å². The molecule has 2 atom stereocenters. The number of para-hydroxylation sites is 1. The number of primary amides is 1. The van der Waals surface area contributed by atoms with E-state index in [1.165, 1.54) is 11.3 Å². The summed E-state index contributed by atoms with van der Waals surface area (Å²) in [7, 11) is 0. The van der Waals surface area contributed by atoms with E-state index in [0.717, 1.165) is 10.6 Å². The minimum atomic E-state index is -0.700. The second-order valence-electron chi connectivity index (χ2n) is 5.08. The van der Waals surface area contributed by atoms with Gasteiger partial charge in [0, 0.05) is 22.7 Å². The fourth-order valence-corrected chi connectivity index (χ4v) is 2.89. The molecule has 0 bridgehead atoms. The lowest BCUT2D eigenvalue weighted by Crippen LogP contribution is -2.40. The van der Waals surface area contributed by atoms with E-state index in [9.17, 15) is 9.90 Å². The molecule has 0 aliphatic carbocycles. The van der Waals surface area contributed by atoms with Crippen LogP contribution in [0.1, 0.15) is 22.2 Å². The molecule has 0 aliphatic rings. The van der Waals surface area contributed by atoms with Crippen LogP contribution in [0.25, 0.3) is 0 Å². The summed E-state index contributed by atoms with van der Waals surface area (Å²) in [6, 6.07) is 11.2. The second kappa shape index (κ2) is 7.93. The van der Waals surface area contributed by atoms with Crippen molar-refractivity contribution in [2.75, 3.05) is 6.61 Å². The predicted molar refractivity (Wildman–Crippen MR) is 87.1 cm³/mol. The summed E-state index contributed by atoms with van der Waals surface area (Å²) < 4.78 is 5.62. The van der Waals surface area contributed by atoms with Crippen molar-refractivity contribution in [3.05, 3.63) is 52.2 Å². The number of amides is 1. The highest BCUT2D eigenvalue weighted by Gasteiger charge is 2.12. The third-order valence-electron chi connectivity index (χ3n) is 3.05. The molecule has 2 unspecified atom stereocenters. The Morgan fingerprint density at radius 3 is 2.77 bits per heavy atom. The van der Waals surface area contributed by atoms with Crippen LogP contribution in [-0.4, -0.2) is 29.9 Å². The van der Waals surface area contributed by atoms with Gasteiger partial charge in [0.05, 0.1) is 5.56 Å². The number of hydrogen-bond acceptors (Lipinski definition) is 5. The highest BCUT2D eigenvalue weighted by molar-refractivity contribution is 7.10. The van der Waals surface area contributed by atoms with Crippen LogP contribution in [0.4, 0.5) is 0 Å². The Bertz CT molecular complexity index is 600. The maximum atomic E-state index is 11.0. The lowest BCUT2D eigenvalue weighted by atomic mass is 10.2. The molecule has 0 aliphatic heterocycles. The lowest BCUT2D eigenvalue weighted by Gasteiger charge is -2.19. The minimum absolute atomic E-state index is 0.00854. The summed E-state index contributed by atoms with van der Waals surface area (Å²) in [5, 5.41) is 14.8. The van der Waals surface area contributed by atoms with Crippen LogP contribution in [0.3, 0.4) is 0 Å². The van der Waals surface area contributed by atoms with Crippen molar-refractivity contribution >= 4 is 17.2 Å². The van der Waals surface area contributed by atoms with Crippen molar-refractivity contribution in [2.45, 2.75) is 25.6 Å². The van der Waals surface area contributed by atoms with Crippen LogP contribution in [-0.2, 0) is 6.42 Å². The van der Waals surface area contributed by atoms with E-state index >= 15 is 0 Å². The van der Waals surface area contributed by atoms with Gasteiger partial charge in [-0.2, -0.15) is 0 Å². The number of benzene rings is 1. The summed E-state index contributed by atoms with van der Waals surface area (Å²) in [6.45, 7) is 2.40. The first-order chi connectivity index (χ1) is 10.5. The molecular formula is C16H20N2O3S. The number of thiophene rings is 1. The van der Waals surface area contributed by atoms with Gasteiger partial charge >= 0.3 is 0 Å². The van der Waals surface area contributed by atoms with E-state index in [1.54, 1.807) is 11.4 Å². The van der Waals surface area contributed by atoms with Gasteiger partial charge in [0.1, 0.15) is 18.6 Å². The number of carbonyl (C=O) groups is 1. The quantitative estimate of drug-likeness (QED) is 0.647. The first kappa shape index (κ1) is 16.5. The number of ether oxygens (including phenoxy) is 1. The van der Waals surface area contributed by atoms with Gasteiger partial charge in [-0.05, 0) is 25.1 Å². The van der Waals surface area contributed by atoms with Crippen LogP contribution >= 0.6 is 11.3 Å². The lowest BCUT2D eigenvalue weighted by molar-refractivity contribution is 0.0999. The van der Waals surface area contributed by atoms with Crippen LogP contribution < -0.4 is 15.8 Å². The SMILES string of the molecule is CC(COc1ccccc1)NC(O)Cc1cc(C(N)=O)cs1. The van der Waals surface area contributed by atoms with Crippen molar-refractivity contribution in [1.29, 1.82) is 0 Å². The Hall–Kier alpha value is -1.89. The molecule has 1 heterocycles. The third-order valence-corrected chi connectivity index (χ3v) is 4.01. The summed E-state index contributed by atoms with van der Waals surface area (Å²) in [5.74, 6) is 0.351. The van der Waals surface area contributed by atoms with Crippen molar-refractivity contribution in [3.8, 4) is 5.75 Å². The second-order valence-corrected chi connectivity index (χ2v) is 6.07. The molecule has 22 heavy (non-hydrogen) atoms. The molecule has 1 aromatic carbocycles. The van der Waals surface area contributed by atoms with Crippen molar-refractivity contribution in [3.63, 3.8) is 0 Å². The molecule has 0 spiro atoms. The topological polar surface area (TPSA) is 84.6 Å². The summed E-state index contributed by atoms with van der Waals surface area (Å²) in [6.07, 6.45) is -0.276. The fraction of sp³-hybridized carbons (Fsp3) is 0.312. The van der Waals surface area contributed by atoms with Crippen molar-refractivity contribution < 1.29 is 14.6 Å². The average Bonchev–Trinajstić information content (AvgIpc) is 2.95.